The Hall–Kier alpha value is -3.30. The van der Waals surface area contributed by atoms with Crippen molar-refractivity contribution in [1.29, 1.82) is 0 Å². The fraction of sp³-hybridized carbons (Fsp3) is 0.435. The van der Waals surface area contributed by atoms with E-state index < -0.39 is 22.4 Å². The van der Waals surface area contributed by atoms with Crippen molar-refractivity contribution in [2.24, 2.45) is 0 Å². The van der Waals surface area contributed by atoms with Gasteiger partial charge in [-0.2, -0.15) is 13.2 Å². The van der Waals surface area contributed by atoms with Crippen molar-refractivity contribution < 1.29 is 27.6 Å². The Balaban J connectivity index is 1.57. The lowest BCUT2D eigenvalue weighted by Crippen LogP contribution is -2.50. The molecule has 1 aliphatic rings. The summed E-state index contributed by atoms with van der Waals surface area (Å²) in [5.41, 5.74) is -0.364. The number of nitrogens with zero attached hydrogens (tertiary/aromatic N) is 3. The van der Waals surface area contributed by atoms with Gasteiger partial charge in [-0.1, -0.05) is 26.0 Å². The topological polar surface area (TPSA) is 75.9 Å². The fourth-order valence-electron chi connectivity index (χ4n) is 3.67. The molecule has 1 fully saturated rings. The van der Waals surface area contributed by atoms with Crippen LogP contribution < -0.4 is 9.64 Å². The number of nitro benzene ring substituents is 1. The first kappa shape index (κ1) is 24.3. The van der Waals surface area contributed by atoms with Crippen LogP contribution >= 0.6 is 0 Å². The predicted molar refractivity (Wildman–Crippen MR) is 118 cm³/mol. The van der Waals surface area contributed by atoms with Crippen LogP contribution in [0.15, 0.2) is 42.5 Å². The molecule has 33 heavy (non-hydrogen) atoms. The second-order valence-electron chi connectivity index (χ2n) is 7.99. The lowest BCUT2D eigenvalue weighted by Gasteiger charge is -2.35. The van der Waals surface area contributed by atoms with Crippen LogP contribution in [0.3, 0.4) is 0 Å². The number of carbonyl (C=O) groups is 1. The largest absolute Gasteiger partial charge is 0.484 e. The highest BCUT2D eigenvalue weighted by molar-refractivity contribution is 5.78. The van der Waals surface area contributed by atoms with E-state index >= 15 is 0 Å². The van der Waals surface area contributed by atoms with Gasteiger partial charge in [-0.15, -0.1) is 0 Å². The summed E-state index contributed by atoms with van der Waals surface area (Å²) in [7, 11) is 0. The molecule has 2 aromatic rings. The number of anilines is 1. The Morgan fingerprint density at radius 2 is 1.76 bits per heavy atom. The zero-order chi connectivity index (χ0) is 24.2. The van der Waals surface area contributed by atoms with Crippen molar-refractivity contribution in [3.05, 3.63) is 63.7 Å². The molecule has 0 aromatic heterocycles. The highest BCUT2D eigenvalue weighted by Crippen LogP contribution is 2.36. The highest BCUT2D eigenvalue weighted by Gasteiger charge is 2.34. The van der Waals surface area contributed by atoms with Crippen molar-refractivity contribution in [1.82, 2.24) is 4.90 Å². The van der Waals surface area contributed by atoms with E-state index in [0.717, 1.165) is 18.6 Å². The van der Waals surface area contributed by atoms with Gasteiger partial charge in [0.05, 0.1) is 10.5 Å². The van der Waals surface area contributed by atoms with Crippen LogP contribution in [0.2, 0.25) is 0 Å². The first-order chi connectivity index (χ1) is 15.6. The number of carbonyl (C=O) groups excluding carboxylic acids is 1. The quantitative estimate of drug-likeness (QED) is 0.431. The van der Waals surface area contributed by atoms with E-state index in [1.165, 1.54) is 5.56 Å². The first-order valence-electron chi connectivity index (χ1n) is 10.7. The molecule has 1 saturated heterocycles. The third-order valence-electron chi connectivity index (χ3n) is 5.90. The average Bonchev–Trinajstić information content (AvgIpc) is 2.81. The number of amides is 1. The molecule has 0 N–H and O–H groups in total. The monoisotopic (exact) mass is 465 g/mol. The Bertz CT molecular complexity index is 987. The van der Waals surface area contributed by atoms with E-state index in [1.54, 1.807) is 9.80 Å². The number of benzene rings is 2. The maximum atomic E-state index is 12.9. The minimum Gasteiger partial charge on any atom is -0.484 e. The Morgan fingerprint density at radius 3 is 2.30 bits per heavy atom. The van der Waals surface area contributed by atoms with Gasteiger partial charge in [0.1, 0.15) is 11.4 Å². The molecule has 1 amide bonds. The third kappa shape index (κ3) is 5.94. The SMILES string of the molecule is CCC(C)c1ccc(OCC(=O)N2CCN(c3ccc(C(F)(F)F)cc3[N+](=O)[O-])CC2)cc1. The van der Waals surface area contributed by atoms with E-state index in [2.05, 4.69) is 13.8 Å². The number of hydrogen-bond donors (Lipinski definition) is 0. The van der Waals surface area contributed by atoms with Crippen molar-refractivity contribution in [3.63, 3.8) is 0 Å². The molecule has 0 spiro atoms. The molecule has 0 saturated carbocycles. The molecule has 1 atom stereocenters. The number of piperazine rings is 1. The van der Waals surface area contributed by atoms with Gasteiger partial charge in [0.15, 0.2) is 6.61 Å². The number of nitro groups is 1. The first-order valence-corrected chi connectivity index (χ1v) is 10.7. The van der Waals surface area contributed by atoms with E-state index in [1.807, 2.05) is 24.3 Å². The van der Waals surface area contributed by atoms with Crippen LogP contribution in [0.4, 0.5) is 24.5 Å². The molecule has 1 unspecified atom stereocenters. The number of rotatable bonds is 7. The smallest absolute Gasteiger partial charge is 0.416 e. The van der Waals surface area contributed by atoms with Crippen molar-refractivity contribution in [2.75, 3.05) is 37.7 Å². The lowest BCUT2D eigenvalue weighted by atomic mass is 9.99. The van der Waals surface area contributed by atoms with Gasteiger partial charge in [0.25, 0.3) is 11.6 Å². The van der Waals surface area contributed by atoms with Gasteiger partial charge in [-0.3, -0.25) is 14.9 Å². The zero-order valence-corrected chi connectivity index (χ0v) is 18.5. The van der Waals surface area contributed by atoms with Crippen LogP contribution in [0, 0.1) is 10.1 Å². The van der Waals surface area contributed by atoms with Crippen LogP contribution in [0.1, 0.15) is 37.3 Å². The van der Waals surface area contributed by atoms with E-state index in [4.69, 9.17) is 4.74 Å². The normalized spacial score (nSPS) is 15.3. The second-order valence-corrected chi connectivity index (χ2v) is 7.99. The van der Waals surface area contributed by atoms with Crippen LogP contribution in [0.5, 0.6) is 5.75 Å². The Morgan fingerprint density at radius 1 is 1.12 bits per heavy atom. The van der Waals surface area contributed by atoms with Crippen LogP contribution in [0.25, 0.3) is 0 Å². The minimum absolute atomic E-state index is 0.109. The summed E-state index contributed by atoms with van der Waals surface area (Å²) in [6.45, 7) is 5.22. The van der Waals surface area contributed by atoms with Crippen LogP contribution in [-0.2, 0) is 11.0 Å². The molecule has 0 bridgehead atoms. The summed E-state index contributed by atoms with van der Waals surface area (Å²) in [6, 6.07) is 10.1. The molecular weight excluding hydrogens is 439 g/mol. The van der Waals surface area contributed by atoms with Crippen molar-refractivity contribution in [3.8, 4) is 5.75 Å². The average molecular weight is 465 g/mol. The van der Waals surface area contributed by atoms with Gasteiger partial charge in [-0.25, -0.2) is 0 Å². The number of halogens is 3. The molecular formula is C23H26F3N3O4. The standard InChI is InChI=1S/C23H26F3N3O4/c1-3-16(2)17-4-7-19(8-5-17)33-15-22(30)28-12-10-27(11-13-28)20-9-6-18(23(24,25)26)14-21(20)29(31)32/h4-9,14,16H,3,10-13,15H2,1-2H3. The van der Waals surface area contributed by atoms with Crippen LogP contribution in [-0.4, -0.2) is 48.5 Å². The molecule has 1 aliphatic heterocycles. The molecule has 2 aromatic carbocycles. The molecule has 10 heteroatoms. The summed E-state index contributed by atoms with van der Waals surface area (Å²) < 4.78 is 44.4. The fourth-order valence-corrected chi connectivity index (χ4v) is 3.67. The third-order valence-corrected chi connectivity index (χ3v) is 5.90. The molecule has 3 rings (SSSR count). The minimum atomic E-state index is -4.66. The zero-order valence-electron chi connectivity index (χ0n) is 18.5. The molecule has 178 valence electrons. The molecule has 0 aliphatic carbocycles. The van der Waals surface area contributed by atoms with Gasteiger partial charge in [-0.05, 0) is 42.2 Å². The van der Waals surface area contributed by atoms with Gasteiger partial charge < -0.3 is 14.5 Å². The number of alkyl halides is 3. The molecule has 0 radical (unpaired) electrons. The molecule has 7 nitrogen and oxygen atoms in total. The Kier molecular flexibility index (Phi) is 7.45. The highest BCUT2D eigenvalue weighted by atomic mass is 19.4. The van der Waals surface area contributed by atoms with Gasteiger partial charge in [0.2, 0.25) is 0 Å². The van der Waals surface area contributed by atoms with Crippen molar-refractivity contribution >= 4 is 17.3 Å². The summed E-state index contributed by atoms with van der Waals surface area (Å²) in [5.74, 6) is 0.814. The summed E-state index contributed by atoms with van der Waals surface area (Å²) >= 11 is 0. The maximum absolute atomic E-state index is 12.9. The maximum Gasteiger partial charge on any atom is 0.416 e. The second kappa shape index (κ2) is 10.1. The van der Waals surface area contributed by atoms with Gasteiger partial charge >= 0.3 is 6.18 Å². The van der Waals surface area contributed by atoms with E-state index in [0.29, 0.717) is 17.7 Å². The summed E-state index contributed by atoms with van der Waals surface area (Å²) in [4.78, 5) is 26.2. The van der Waals surface area contributed by atoms with Crippen molar-refractivity contribution in [2.45, 2.75) is 32.4 Å². The number of hydrogen-bond acceptors (Lipinski definition) is 5. The van der Waals surface area contributed by atoms with E-state index in [-0.39, 0.29) is 44.4 Å². The lowest BCUT2D eigenvalue weighted by molar-refractivity contribution is -0.384. The summed E-state index contributed by atoms with van der Waals surface area (Å²) in [5, 5.41) is 11.3. The van der Waals surface area contributed by atoms with E-state index in [9.17, 15) is 28.1 Å². The van der Waals surface area contributed by atoms with Gasteiger partial charge in [0, 0.05) is 32.2 Å². The predicted octanol–water partition coefficient (Wildman–Crippen LogP) is 4.85. The number of ether oxygens (including phenoxy) is 1. The molecule has 1 heterocycles. The Labute approximate surface area is 189 Å². The summed E-state index contributed by atoms with van der Waals surface area (Å²) in [6.07, 6.45) is -3.64.